The first-order valence-corrected chi connectivity index (χ1v) is 12.1. The molecule has 0 bridgehead atoms. The third kappa shape index (κ3) is 12.5. The van der Waals surface area contributed by atoms with Gasteiger partial charge in [0.2, 0.25) is 0 Å². The molecule has 5 N–H and O–H groups in total. The Kier molecular flexibility index (Phi) is 16.7. The van der Waals surface area contributed by atoms with Gasteiger partial charge in [-0.1, -0.05) is 60.1 Å². The summed E-state index contributed by atoms with van der Waals surface area (Å²) in [4.78, 5) is 12.5. The van der Waals surface area contributed by atoms with Crippen LogP contribution in [0.15, 0.2) is 84.1 Å². The van der Waals surface area contributed by atoms with Crippen molar-refractivity contribution in [1.82, 2.24) is 4.98 Å². The first-order valence-electron chi connectivity index (χ1n) is 10.8. The second-order valence-corrected chi connectivity index (χ2v) is 8.30. The fourth-order valence-electron chi connectivity index (χ4n) is 2.81. The molecule has 204 valence electrons. The molecule has 0 spiro atoms. The number of aryl methyl sites for hydroxylation is 1. The van der Waals surface area contributed by atoms with Crippen LogP contribution >= 0.6 is 22.9 Å². The normalized spacial score (nSPS) is 10.2. The van der Waals surface area contributed by atoms with Crippen molar-refractivity contribution in [1.29, 1.82) is 5.41 Å². The van der Waals surface area contributed by atoms with Gasteiger partial charge < -0.3 is 26.4 Å². The van der Waals surface area contributed by atoms with Gasteiger partial charge in [-0.25, -0.2) is 4.98 Å². The molecule has 0 unspecified atom stereocenters. The van der Waals surface area contributed by atoms with E-state index in [4.69, 9.17) is 21.8 Å². The first-order chi connectivity index (χ1) is 18.2. The van der Waals surface area contributed by atoms with Crippen LogP contribution in [-0.4, -0.2) is 36.8 Å². The zero-order valence-corrected chi connectivity index (χ0v) is 22.5. The van der Waals surface area contributed by atoms with Gasteiger partial charge in [0.15, 0.2) is 5.88 Å². The minimum atomic E-state index is -4.34. The molecule has 6 nitrogen and oxygen atoms in total. The van der Waals surface area contributed by atoms with Crippen LogP contribution in [0.1, 0.15) is 11.4 Å². The minimum absolute atomic E-state index is 0.314. The van der Waals surface area contributed by atoms with Crippen LogP contribution in [0.4, 0.5) is 18.9 Å². The second-order valence-electron chi connectivity index (χ2n) is 6.83. The summed E-state index contributed by atoms with van der Waals surface area (Å²) in [5, 5.41) is 23.1. The van der Waals surface area contributed by atoms with E-state index in [1.54, 1.807) is 35.6 Å². The van der Waals surface area contributed by atoms with E-state index >= 15 is 0 Å². The van der Waals surface area contributed by atoms with Crippen molar-refractivity contribution in [2.24, 2.45) is 5.73 Å². The molecular weight excluding hydrogens is 537 g/mol. The fraction of sp³-hybridized carbons (Fsp3) is 0.148. The number of fused-ring (bicyclic) bond motifs is 1. The number of aliphatic hydroxyl groups is 1. The summed E-state index contributed by atoms with van der Waals surface area (Å²) < 4.78 is 35.5. The van der Waals surface area contributed by atoms with Crippen LogP contribution in [0.3, 0.4) is 0 Å². The summed E-state index contributed by atoms with van der Waals surface area (Å²) in [6.07, 6.45) is -4.89. The topological polar surface area (TPSA) is 112 Å². The van der Waals surface area contributed by atoms with Crippen molar-refractivity contribution in [3.8, 4) is 11.3 Å². The number of carbonyl (C=O) groups excluding carboxylic acids is 1. The largest absolute Gasteiger partial charge is 0.495 e. The number of aliphatic hydroxyl groups excluding tert-OH is 1. The summed E-state index contributed by atoms with van der Waals surface area (Å²) >= 11 is 7.43. The van der Waals surface area contributed by atoms with E-state index in [0.29, 0.717) is 16.8 Å². The number of alkyl halides is 3. The van der Waals surface area contributed by atoms with Crippen molar-refractivity contribution in [2.75, 3.05) is 12.4 Å². The molecule has 4 aromatic rings. The Labute approximate surface area is 229 Å². The molecular formula is C27H30ClF3N4O2S. The number of anilines is 1. The van der Waals surface area contributed by atoms with Crippen molar-refractivity contribution in [3.05, 3.63) is 94.1 Å². The highest BCUT2D eigenvalue weighted by atomic mass is 35.5. The summed E-state index contributed by atoms with van der Waals surface area (Å²) in [6, 6.07) is 21.3. The molecule has 4 rings (SSSR count). The summed E-state index contributed by atoms with van der Waals surface area (Å²) in [5.74, 6) is -0.578. The van der Waals surface area contributed by atoms with E-state index in [1.807, 2.05) is 13.7 Å². The molecule has 11 heteroatoms. The van der Waals surface area contributed by atoms with E-state index in [9.17, 15) is 18.3 Å². The molecule has 1 heterocycles. The fourth-order valence-corrected chi connectivity index (χ4v) is 3.61. The van der Waals surface area contributed by atoms with Gasteiger partial charge in [0.25, 0.3) is 0 Å². The second kappa shape index (κ2) is 18.5. The molecule has 0 radical (unpaired) electrons. The Balaban J connectivity index is 0.000000603. The van der Waals surface area contributed by atoms with Gasteiger partial charge >= 0.3 is 6.18 Å². The highest BCUT2D eigenvalue weighted by molar-refractivity contribution is 7.09. The van der Waals surface area contributed by atoms with Gasteiger partial charge in [0, 0.05) is 10.9 Å². The average molecular weight is 567 g/mol. The number of hydrogen-bond donors (Lipinski definition) is 4. The monoisotopic (exact) mass is 566 g/mol. The number of halogens is 4. The molecule has 0 amide bonds. The summed E-state index contributed by atoms with van der Waals surface area (Å²) in [5.41, 5.74) is 7.12. The maximum absolute atomic E-state index is 11.8. The number of benzene rings is 3. The number of nitrogens with two attached hydrogens (primary N) is 1. The van der Waals surface area contributed by atoms with E-state index < -0.39 is 18.5 Å². The van der Waals surface area contributed by atoms with Crippen LogP contribution in [0, 0.1) is 12.3 Å². The lowest BCUT2D eigenvalue weighted by atomic mass is 10.1. The smallest absolute Gasteiger partial charge is 0.392 e. The van der Waals surface area contributed by atoms with Gasteiger partial charge in [-0.05, 0) is 55.7 Å². The van der Waals surface area contributed by atoms with Gasteiger partial charge in [0.1, 0.15) is 6.79 Å². The maximum Gasteiger partial charge on any atom is 0.392 e. The Morgan fingerprint density at radius 3 is 2.21 bits per heavy atom. The lowest BCUT2D eigenvalue weighted by molar-refractivity contribution is -0.125. The van der Waals surface area contributed by atoms with E-state index in [1.165, 1.54) is 23.4 Å². The predicted molar refractivity (Wildman–Crippen MR) is 153 cm³/mol. The lowest BCUT2D eigenvalue weighted by Gasteiger charge is -2.07. The zero-order chi connectivity index (χ0) is 29.1. The van der Waals surface area contributed by atoms with Gasteiger partial charge in [-0.2, -0.15) is 13.2 Å². The highest BCUT2D eigenvalue weighted by Gasteiger charge is 2.25. The summed E-state index contributed by atoms with van der Waals surface area (Å²) in [7, 11) is 1.50. The molecule has 0 aliphatic heterocycles. The number of rotatable bonds is 4. The predicted octanol–water partition coefficient (Wildman–Crippen LogP) is 8.03. The summed E-state index contributed by atoms with van der Waals surface area (Å²) in [6.45, 7) is 6.54. The van der Waals surface area contributed by atoms with Gasteiger partial charge in [-0.3, -0.25) is 0 Å². The Hall–Kier alpha value is -3.73. The lowest BCUT2D eigenvalue weighted by Crippen LogP contribution is -2.07. The molecule has 0 saturated carbocycles. The van der Waals surface area contributed by atoms with E-state index in [-0.39, 0.29) is 0 Å². The number of aromatic nitrogens is 1. The van der Waals surface area contributed by atoms with Gasteiger partial charge in [-0.15, -0.1) is 11.3 Å². The number of thiazole rings is 1. The van der Waals surface area contributed by atoms with Crippen molar-refractivity contribution < 1.29 is 23.1 Å². The molecule has 0 fully saturated rings. The molecule has 0 saturated heterocycles. The Morgan fingerprint density at radius 1 is 1.08 bits per heavy atom. The number of hydrogen-bond acceptors (Lipinski definition) is 7. The number of carbonyl (C=O) groups is 1. The number of para-hydroxylation sites is 1. The quantitative estimate of drug-likeness (QED) is 0.147. The van der Waals surface area contributed by atoms with Gasteiger partial charge in [0.05, 0.1) is 27.8 Å². The SMILES string of the molecule is C=N.C=O.CN.Cc1nc(-c2ccc3ccccc3c2)cs1.O/C(=C/CC(F)(F)F)Nc1ccccc1Cl. The first kappa shape index (κ1) is 34.3. The average Bonchev–Trinajstić information content (AvgIpc) is 3.38. The number of nitrogens with zero attached hydrogens (tertiary/aromatic N) is 1. The van der Waals surface area contributed by atoms with Crippen LogP contribution in [-0.2, 0) is 4.79 Å². The van der Waals surface area contributed by atoms with Crippen LogP contribution in [0.25, 0.3) is 22.0 Å². The third-order valence-electron chi connectivity index (χ3n) is 4.33. The van der Waals surface area contributed by atoms with Crippen LogP contribution in [0.5, 0.6) is 0 Å². The highest BCUT2D eigenvalue weighted by Crippen LogP contribution is 2.26. The number of allylic oxidation sites excluding steroid dienone is 1. The van der Waals surface area contributed by atoms with Crippen molar-refractivity contribution in [2.45, 2.75) is 19.5 Å². The minimum Gasteiger partial charge on any atom is -0.495 e. The molecule has 0 aliphatic carbocycles. The Morgan fingerprint density at radius 2 is 1.66 bits per heavy atom. The van der Waals surface area contributed by atoms with Crippen LogP contribution in [0.2, 0.25) is 5.02 Å². The third-order valence-corrected chi connectivity index (χ3v) is 5.43. The molecule has 0 aliphatic rings. The molecule has 38 heavy (non-hydrogen) atoms. The molecule has 0 atom stereocenters. The van der Waals surface area contributed by atoms with Crippen LogP contribution < -0.4 is 11.1 Å². The number of nitrogens with one attached hydrogen (secondary N) is 2. The van der Waals surface area contributed by atoms with Crippen molar-refractivity contribution in [3.63, 3.8) is 0 Å². The maximum atomic E-state index is 11.8. The Bertz CT molecular complexity index is 1260. The zero-order valence-electron chi connectivity index (χ0n) is 20.9. The van der Waals surface area contributed by atoms with E-state index in [0.717, 1.165) is 10.7 Å². The molecule has 1 aromatic heterocycles. The molecule has 3 aromatic carbocycles. The standard InChI is InChI=1S/C14H11NS.C10H9ClF3NO.CH5N.CH3N.CH2O/c1-10-15-14(9-16-10)13-7-6-11-4-2-3-5-12(11)8-13;11-7-3-1-2-4-8(7)15-9(16)5-6-10(12,13)14;3*1-2/h2-9H,1H3;1-5,15-16H,6H2;2H2,1H3;2H,1H2;1H2/b;9-5+;;;. The van der Waals surface area contributed by atoms with Crippen molar-refractivity contribution >= 4 is 52.9 Å². The van der Waals surface area contributed by atoms with E-state index in [2.05, 4.69) is 70.6 Å².